The summed E-state index contributed by atoms with van der Waals surface area (Å²) < 4.78 is 5.14. The van der Waals surface area contributed by atoms with E-state index < -0.39 is 0 Å². The number of nitrogens with one attached hydrogen (secondary N) is 1. The molecule has 0 aromatic heterocycles. The van der Waals surface area contributed by atoms with Crippen molar-refractivity contribution < 1.29 is 14.6 Å². The van der Waals surface area contributed by atoms with E-state index in [4.69, 9.17) is 4.74 Å². The molecule has 3 rings (SSSR count). The zero-order valence-electron chi connectivity index (χ0n) is 15.7. The van der Waals surface area contributed by atoms with Gasteiger partial charge in [-0.2, -0.15) is 0 Å². The van der Waals surface area contributed by atoms with Gasteiger partial charge in [0.15, 0.2) is 0 Å². The highest BCUT2D eigenvalue weighted by Crippen LogP contribution is 2.38. The van der Waals surface area contributed by atoms with E-state index in [2.05, 4.69) is 25.2 Å². The Balaban J connectivity index is 0.000000399. The number of allylic oxidation sites excluding steroid dienone is 2. The van der Waals surface area contributed by atoms with Crippen LogP contribution in [0, 0.1) is 11.8 Å². The SMILES string of the molecule is CC=C(C)C.COc1cccc(NC(=O)N2C[C@H]3CC(O)C[C@H]3C2)c1. The lowest BCUT2D eigenvalue weighted by Gasteiger charge is -2.19. The summed E-state index contributed by atoms with van der Waals surface area (Å²) >= 11 is 0. The number of hydrogen-bond donors (Lipinski definition) is 2. The van der Waals surface area contributed by atoms with Crippen LogP contribution in [0.3, 0.4) is 0 Å². The molecule has 1 aliphatic heterocycles. The number of fused-ring (bicyclic) bond motifs is 1. The van der Waals surface area contributed by atoms with E-state index in [1.54, 1.807) is 13.2 Å². The third-order valence-electron chi connectivity index (χ3n) is 4.91. The van der Waals surface area contributed by atoms with Gasteiger partial charge in [-0.25, -0.2) is 4.79 Å². The lowest BCUT2D eigenvalue weighted by Crippen LogP contribution is -2.34. The van der Waals surface area contributed by atoms with E-state index in [1.807, 2.05) is 30.0 Å². The predicted octanol–water partition coefficient (Wildman–Crippen LogP) is 3.90. The number of urea groups is 1. The Morgan fingerprint density at radius 3 is 2.40 bits per heavy atom. The van der Waals surface area contributed by atoms with Crippen molar-refractivity contribution in [3.8, 4) is 5.75 Å². The molecule has 0 spiro atoms. The summed E-state index contributed by atoms with van der Waals surface area (Å²) in [6, 6.07) is 7.28. The van der Waals surface area contributed by atoms with Crippen LogP contribution in [0.1, 0.15) is 33.6 Å². The Morgan fingerprint density at radius 2 is 1.88 bits per heavy atom. The fraction of sp³-hybridized carbons (Fsp3) is 0.550. The highest BCUT2D eigenvalue weighted by atomic mass is 16.5. The molecule has 5 nitrogen and oxygen atoms in total. The largest absolute Gasteiger partial charge is 0.497 e. The number of nitrogens with zero attached hydrogens (tertiary/aromatic N) is 1. The zero-order valence-corrected chi connectivity index (χ0v) is 15.7. The zero-order chi connectivity index (χ0) is 18.4. The van der Waals surface area contributed by atoms with Crippen molar-refractivity contribution in [2.24, 2.45) is 11.8 Å². The Bertz CT molecular complexity index is 597. The minimum Gasteiger partial charge on any atom is -0.497 e. The van der Waals surface area contributed by atoms with Crippen LogP contribution >= 0.6 is 0 Å². The maximum absolute atomic E-state index is 12.2. The minimum atomic E-state index is -0.173. The molecule has 1 aliphatic carbocycles. The van der Waals surface area contributed by atoms with Crippen molar-refractivity contribution in [2.75, 3.05) is 25.5 Å². The van der Waals surface area contributed by atoms with E-state index in [0.29, 0.717) is 11.8 Å². The van der Waals surface area contributed by atoms with E-state index in [9.17, 15) is 9.90 Å². The normalized spacial score (nSPS) is 24.0. The summed E-state index contributed by atoms with van der Waals surface area (Å²) in [6.45, 7) is 7.70. The molecule has 138 valence electrons. The molecule has 2 amide bonds. The van der Waals surface area contributed by atoms with Crippen LogP contribution in [0.25, 0.3) is 0 Å². The van der Waals surface area contributed by atoms with Gasteiger partial charge in [-0.1, -0.05) is 17.7 Å². The average molecular weight is 346 g/mol. The summed E-state index contributed by atoms with van der Waals surface area (Å²) in [5.41, 5.74) is 2.12. The number of methoxy groups -OCH3 is 1. The first-order valence-electron chi connectivity index (χ1n) is 8.90. The second kappa shape index (κ2) is 8.90. The number of ether oxygens (including phenoxy) is 1. The maximum Gasteiger partial charge on any atom is 0.321 e. The topological polar surface area (TPSA) is 61.8 Å². The first-order chi connectivity index (χ1) is 11.9. The van der Waals surface area contributed by atoms with Crippen LogP contribution in [-0.4, -0.2) is 42.3 Å². The first-order valence-corrected chi connectivity index (χ1v) is 8.90. The highest BCUT2D eigenvalue weighted by Gasteiger charge is 2.41. The molecule has 25 heavy (non-hydrogen) atoms. The minimum absolute atomic E-state index is 0.0675. The third kappa shape index (κ3) is 5.49. The number of amides is 2. The smallest absolute Gasteiger partial charge is 0.321 e. The van der Waals surface area contributed by atoms with Crippen molar-refractivity contribution >= 4 is 11.7 Å². The summed E-state index contributed by atoms with van der Waals surface area (Å²) in [5.74, 6) is 1.64. The van der Waals surface area contributed by atoms with Gasteiger partial charge in [-0.3, -0.25) is 0 Å². The number of benzene rings is 1. The Kier molecular flexibility index (Phi) is 6.88. The molecule has 2 N–H and O–H groups in total. The molecule has 0 bridgehead atoms. The summed E-state index contributed by atoms with van der Waals surface area (Å²) in [5, 5.41) is 12.5. The summed E-state index contributed by atoms with van der Waals surface area (Å²) in [7, 11) is 1.61. The molecule has 1 heterocycles. The highest BCUT2D eigenvalue weighted by molar-refractivity contribution is 5.89. The lowest BCUT2D eigenvalue weighted by molar-refractivity contribution is 0.163. The molecule has 2 aliphatic rings. The number of rotatable bonds is 2. The molecule has 1 aromatic carbocycles. The van der Waals surface area contributed by atoms with E-state index in [1.165, 1.54) is 5.57 Å². The number of carbonyl (C=O) groups is 1. The molecule has 1 aromatic rings. The van der Waals surface area contributed by atoms with Crippen LogP contribution in [0.2, 0.25) is 0 Å². The standard InChI is InChI=1S/C15H20N2O3.C5H10/c1-20-14-4-2-3-12(7-14)16-15(19)17-8-10-5-13(18)6-11(10)9-17;1-4-5(2)3/h2-4,7,10-11,13,18H,5-6,8-9H2,1H3,(H,16,19);4H,1-3H3/t10-,11+,13?;. The molecule has 1 saturated carbocycles. The molecule has 3 atom stereocenters. The van der Waals surface area contributed by atoms with Gasteiger partial charge >= 0.3 is 6.03 Å². The van der Waals surface area contributed by atoms with Crippen molar-refractivity contribution in [3.63, 3.8) is 0 Å². The molecule has 1 unspecified atom stereocenters. The Morgan fingerprint density at radius 1 is 1.28 bits per heavy atom. The number of likely N-dealkylation sites (tertiary alicyclic amines) is 1. The van der Waals surface area contributed by atoms with Crippen molar-refractivity contribution in [1.29, 1.82) is 0 Å². The average Bonchev–Trinajstić information content (AvgIpc) is 3.13. The Labute approximate surface area is 150 Å². The van der Waals surface area contributed by atoms with Crippen LogP contribution in [0.4, 0.5) is 10.5 Å². The van der Waals surface area contributed by atoms with Crippen molar-refractivity contribution in [3.05, 3.63) is 35.9 Å². The molecular weight excluding hydrogens is 316 g/mol. The molecular formula is C20H30N2O3. The summed E-state index contributed by atoms with van der Waals surface area (Å²) in [4.78, 5) is 14.1. The molecule has 0 radical (unpaired) electrons. The van der Waals surface area contributed by atoms with Gasteiger partial charge in [0.1, 0.15) is 5.75 Å². The van der Waals surface area contributed by atoms with Gasteiger partial charge in [-0.15, -0.1) is 0 Å². The van der Waals surface area contributed by atoms with E-state index >= 15 is 0 Å². The Hall–Kier alpha value is -2.01. The third-order valence-corrected chi connectivity index (χ3v) is 4.91. The van der Waals surface area contributed by atoms with Crippen molar-refractivity contribution in [2.45, 2.75) is 39.7 Å². The molecule has 2 fully saturated rings. The van der Waals surface area contributed by atoms with E-state index in [-0.39, 0.29) is 12.1 Å². The monoisotopic (exact) mass is 346 g/mol. The molecule has 1 saturated heterocycles. The number of carbonyl (C=O) groups excluding carboxylic acids is 1. The van der Waals surface area contributed by atoms with Crippen LogP contribution in [0.15, 0.2) is 35.9 Å². The number of hydrogen-bond acceptors (Lipinski definition) is 3. The molecule has 5 heteroatoms. The van der Waals surface area contributed by atoms with E-state index in [0.717, 1.165) is 37.4 Å². The van der Waals surface area contributed by atoms with Gasteiger partial charge in [0, 0.05) is 24.8 Å². The van der Waals surface area contributed by atoms with Crippen LogP contribution in [0.5, 0.6) is 5.75 Å². The number of aliphatic hydroxyl groups excluding tert-OH is 1. The second-order valence-corrected chi connectivity index (χ2v) is 7.08. The van der Waals surface area contributed by atoms with Gasteiger partial charge in [0.2, 0.25) is 0 Å². The fourth-order valence-electron chi connectivity index (χ4n) is 3.34. The number of aliphatic hydroxyl groups is 1. The van der Waals surface area contributed by atoms with Gasteiger partial charge < -0.3 is 20.1 Å². The lowest BCUT2D eigenvalue weighted by atomic mass is 10.0. The van der Waals surface area contributed by atoms with Crippen LogP contribution < -0.4 is 10.1 Å². The van der Waals surface area contributed by atoms with Gasteiger partial charge in [-0.05, 0) is 57.6 Å². The van der Waals surface area contributed by atoms with Crippen molar-refractivity contribution in [1.82, 2.24) is 4.90 Å². The quantitative estimate of drug-likeness (QED) is 0.798. The van der Waals surface area contributed by atoms with Gasteiger partial charge in [0.05, 0.1) is 13.2 Å². The predicted molar refractivity (Wildman–Crippen MR) is 101 cm³/mol. The second-order valence-electron chi connectivity index (χ2n) is 7.08. The van der Waals surface area contributed by atoms with Gasteiger partial charge in [0.25, 0.3) is 0 Å². The summed E-state index contributed by atoms with van der Waals surface area (Å²) in [6.07, 6.45) is 3.56. The maximum atomic E-state index is 12.2. The fourth-order valence-corrected chi connectivity index (χ4v) is 3.34. The van der Waals surface area contributed by atoms with Crippen LogP contribution in [-0.2, 0) is 0 Å². The first kappa shape index (κ1) is 19.3. The number of anilines is 1.